The molecule has 0 bridgehead atoms. The van der Waals surface area contributed by atoms with Crippen molar-refractivity contribution in [2.24, 2.45) is 0 Å². The highest BCUT2D eigenvalue weighted by Crippen LogP contribution is 2.05. The molecule has 45 heavy (non-hydrogen) atoms. The van der Waals surface area contributed by atoms with Crippen molar-refractivity contribution in [3.05, 3.63) is 12.2 Å². The fraction of sp³-hybridized carbons (Fsp3) is 0.875. The van der Waals surface area contributed by atoms with Gasteiger partial charge in [0, 0.05) is 12.0 Å². The van der Waals surface area contributed by atoms with Gasteiger partial charge in [0.15, 0.2) is 0 Å². The van der Waals surface area contributed by atoms with Crippen LogP contribution in [0, 0.1) is 0 Å². The Hall–Kier alpha value is -1.68. The number of hydrogen-bond donors (Lipinski definition) is 0. The maximum absolute atomic E-state index is 11.6. The molecule has 0 unspecified atom stereocenters. The molecular formula is C32H60O13. The van der Waals surface area contributed by atoms with Gasteiger partial charge in [-0.1, -0.05) is 39.2 Å². The molecule has 0 saturated carbocycles. The maximum Gasteiger partial charge on any atom is 0.333 e. The van der Waals surface area contributed by atoms with E-state index in [1.54, 1.807) is 6.92 Å². The first kappa shape index (κ1) is 43.3. The maximum atomic E-state index is 11.6. The van der Waals surface area contributed by atoms with Crippen molar-refractivity contribution in [1.29, 1.82) is 0 Å². The topological polar surface area (TPSA) is 136 Å². The predicted molar refractivity (Wildman–Crippen MR) is 167 cm³/mol. The largest absolute Gasteiger partial charge is 0.463 e. The summed E-state index contributed by atoms with van der Waals surface area (Å²) in [5.41, 5.74) is 0.368. The standard InChI is InChI=1S/C32H60O13/c1-4-5-6-7-8-9-31(33)44-28-26-42-24-22-40-20-18-38-16-14-36-12-10-35-11-13-37-15-17-39-19-21-41-23-25-43-27-29-45-32(34)30(2)3/h2,4-29H2,1,3H3. The molecule has 0 saturated heterocycles. The van der Waals surface area contributed by atoms with E-state index in [4.69, 9.17) is 52.1 Å². The third-order valence-electron chi connectivity index (χ3n) is 5.76. The van der Waals surface area contributed by atoms with Gasteiger partial charge in [0.05, 0.1) is 119 Å². The summed E-state index contributed by atoms with van der Waals surface area (Å²) in [4.78, 5) is 22.8. The lowest BCUT2D eigenvalue weighted by atomic mass is 10.1. The molecule has 0 aromatic rings. The normalized spacial score (nSPS) is 11.2. The van der Waals surface area contributed by atoms with E-state index in [1.165, 1.54) is 19.3 Å². The smallest absolute Gasteiger partial charge is 0.333 e. The zero-order valence-electron chi connectivity index (χ0n) is 27.9. The van der Waals surface area contributed by atoms with Gasteiger partial charge in [-0.3, -0.25) is 4.79 Å². The summed E-state index contributed by atoms with van der Waals surface area (Å²) in [6.07, 6.45) is 6.06. The van der Waals surface area contributed by atoms with Gasteiger partial charge in [-0.25, -0.2) is 4.79 Å². The molecule has 0 radical (unpaired) electrons. The van der Waals surface area contributed by atoms with E-state index in [2.05, 4.69) is 13.5 Å². The van der Waals surface area contributed by atoms with Crippen LogP contribution in [0.15, 0.2) is 12.2 Å². The Labute approximate surface area is 270 Å². The van der Waals surface area contributed by atoms with E-state index < -0.39 is 5.97 Å². The molecule has 0 aliphatic heterocycles. The molecule has 0 aliphatic rings. The monoisotopic (exact) mass is 652 g/mol. The Kier molecular flexibility index (Phi) is 35.4. The molecule has 0 spiro atoms. The average Bonchev–Trinajstić information content (AvgIpc) is 3.03. The quantitative estimate of drug-likeness (QED) is 0.0553. The summed E-state index contributed by atoms with van der Waals surface area (Å²) in [5.74, 6) is -0.566. The highest BCUT2D eigenvalue weighted by atomic mass is 16.6. The second kappa shape index (κ2) is 36.8. The number of carbonyl (C=O) groups excluding carboxylic acids is 2. The second-order valence-corrected chi connectivity index (χ2v) is 9.81. The molecule has 0 N–H and O–H groups in total. The van der Waals surface area contributed by atoms with Crippen molar-refractivity contribution >= 4 is 11.9 Å². The van der Waals surface area contributed by atoms with Gasteiger partial charge >= 0.3 is 11.9 Å². The van der Waals surface area contributed by atoms with Crippen LogP contribution in [0.2, 0.25) is 0 Å². The molecule has 0 fully saturated rings. The summed E-state index contributed by atoms with van der Waals surface area (Å²) in [6, 6.07) is 0. The SMILES string of the molecule is C=C(C)C(=O)OCCOCCOCCOCCOCCOCCOCCOCCOCCOCCOC(=O)CCCCCCC. The fourth-order valence-electron chi connectivity index (χ4n) is 3.34. The first-order valence-corrected chi connectivity index (χ1v) is 16.3. The van der Waals surface area contributed by atoms with Crippen molar-refractivity contribution in [3.63, 3.8) is 0 Å². The van der Waals surface area contributed by atoms with Crippen molar-refractivity contribution in [1.82, 2.24) is 0 Å². The van der Waals surface area contributed by atoms with Crippen LogP contribution in [0.4, 0.5) is 0 Å². The van der Waals surface area contributed by atoms with Crippen LogP contribution in [0.5, 0.6) is 0 Å². The van der Waals surface area contributed by atoms with Crippen LogP contribution in [0.3, 0.4) is 0 Å². The average molecular weight is 653 g/mol. The van der Waals surface area contributed by atoms with Gasteiger partial charge in [0.25, 0.3) is 0 Å². The highest BCUT2D eigenvalue weighted by Gasteiger charge is 2.03. The zero-order chi connectivity index (χ0) is 32.9. The minimum Gasteiger partial charge on any atom is -0.463 e. The van der Waals surface area contributed by atoms with Gasteiger partial charge in [0.1, 0.15) is 13.2 Å². The Morgan fingerprint density at radius 2 is 0.711 bits per heavy atom. The van der Waals surface area contributed by atoms with Crippen molar-refractivity contribution in [3.8, 4) is 0 Å². The van der Waals surface area contributed by atoms with Gasteiger partial charge in [-0.2, -0.15) is 0 Å². The first-order chi connectivity index (χ1) is 22.1. The molecule has 0 amide bonds. The molecule has 266 valence electrons. The minimum absolute atomic E-state index is 0.151. The number of carbonyl (C=O) groups is 2. The molecule has 0 aliphatic carbocycles. The Morgan fingerprint density at radius 3 is 1.02 bits per heavy atom. The number of esters is 2. The van der Waals surface area contributed by atoms with E-state index in [1.807, 2.05) is 0 Å². The Balaban J connectivity index is 3.11. The molecule has 0 rings (SSSR count). The van der Waals surface area contributed by atoms with Crippen LogP contribution in [-0.4, -0.2) is 144 Å². The van der Waals surface area contributed by atoms with E-state index in [0.717, 1.165) is 12.8 Å². The van der Waals surface area contributed by atoms with E-state index >= 15 is 0 Å². The van der Waals surface area contributed by atoms with Gasteiger partial charge in [-0.15, -0.1) is 0 Å². The van der Waals surface area contributed by atoms with Gasteiger partial charge < -0.3 is 52.1 Å². The molecule has 0 atom stereocenters. The Bertz CT molecular complexity index is 663. The molecule has 13 heteroatoms. The van der Waals surface area contributed by atoms with Crippen molar-refractivity contribution < 1.29 is 61.7 Å². The van der Waals surface area contributed by atoms with Crippen LogP contribution >= 0.6 is 0 Å². The summed E-state index contributed by atoms with van der Waals surface area (Å²) in [5, 5.41) is 0. The lowest BCUT2D eigenvalue weighted by Gasteiger charge is -2.09. The highest BCUT2D eigenvalue weighted by molar-refractivity contribution is 5.86. The first-order valence-electron chi connectivity index (χ1n) is 16.3. The summed E-state index contributed by atoms with van der Waals surface area (Å²) < 4.78 is 58.9. The summed E-state index contributed by atoms with van der Waals surface area (Å²) in [7, 11) is 0. The van der Waals surface area contributed by atoms with Crippen LogP contribution in [-0.2, 0) is 61.7 Å². The van der Waals surface area contributed by atoms with Crippen LogP contribution in [0.1, 0.15) is 52.4 Å². The van der Waals surface area contributed by atoms with Crippen molar-refractivity contribution in [2.45, 2.75) is 52.4 Å². The third kappa shape index (κ3) is 36.7. The van der Waals surface area contributed by atoms with Crippen LogP contribution in [0.25, 0.3) is 0 Å². The molecule has 0 aromatic carbocycles. The predicted octanol–water partition coefficient (Wildman–Crippen LogP) is 3.16. The molecule has 0 heterocycles. The van der Waals surface area contributed by atoms with Gasteiger partial charge in [0.2, 0.25) is 0 Å². The zero-order valence-corrected chi connectivity index (χ0v) is 27.9. The van der Waals surface area contributed by atoms with Crippen LogP contribution < -0.4 is 0 Å². The minimum atomic E-state index is -0.415. The molecule has 0 aromatic heterocycles. The molecule has 13 nitrogen and oxygen atoms in total. The van der Waals surface area contributed by atoms with Gasteiger partial charge in [-0.05, 0) is 13.3 Å². The number of ether oxygens (including phenoxy) is 11. The second-order valence-electron chi connectivity index (χ2n) is 9.81. The third-order valence-corrected chi connectivity index (χ3v) is 5.76. The van der Waals surface area contributed by atoms with E-state index in [-0.39, 0.29) is 19.2 Å². The summed E-state index contributed by atoms with van der Waals surface area (Å²) in [6.45, 7) is 16.0. The summed E-state index contributed by atoms with van der Waals surface area (Å²) >= 11 is 0. The number of unbranched alkanes of at least 4 members (excludes halogenated alkanes) is 4. The lowest BCUT2D eigenvalue weighted by molar-refractivity contribution is -0.145. The lowest BCUT2D eigenvalue weighted by Crippen LogP contribution is -2.16. The van der Waals surface area contributed by atoms with Crippen molar-refractivity contribution in [2.75, 3.05) is 132 Å². The fourth-order valence-corrected chi connectivity index (χ4v) is 3.34. The number of hydrogen-bond acceptors (Lipinski definition) is 13. The Morgan fingerprint density at radius 1 is 0.422 bits per heavy atom. The van der Waals surface area contributed by atoms with E-state index in [0.29, 0.717) is 131 Å². The van der Waals surface area contributed by atoms with E-state index in [9.17, 15) is 9.59 Å². The molecular weight excluding hydrogens is 592 g/mol. The number of rotatable bonds is 37.